The molecule has 1 fully saturated rings. The Morgan fingerprint density at radius 3 is 2.31 bits per heavy atom. The first-order valence-electron chi connectivity index (χ1n) is 12.7. The van der Waals surface area contributed by atoms with Gasteiger partial charge in [0.1, 0.15) is 5.75 Å². The molecule has 1 aliphatic carbocycles. The molecule has 2 aromatic carbocycles. The van der Waals surface area contributed by atoms with E-state index < -0.39 is 30.4 Å². The zero-order valence-electron chi connectivity index (χ0n) is 21.3. The van der Waals surface area contributed by atoms with Gasteiger partial charge in [-0.15, -0.1) is 13.2 Å². The molecule has 2 atom stereocenters. The summed E-state index contributed by atoms with van der Waals surface area (Å²) in [4.78, 5) is 23.4. The lowest BCUT2D eigenvalue weighted by Gasteiger charge is -2.19. The molecule has 3 N–H and O–H groups in total. The summed E-state index contributed by atoms with van der Waals surface area (Å²) in [6, 6.07) is 13.4. The van der Waals surface area contributed by atoms with Crippen molar-refractivity contribution in [3.8, 4) is 17.0 Å². The van der Waals surface area contributed by atoms with E-state index in [0.717, 1.165) is 42.6 Å². The fourth-order valence-electron chi connectivity index (χ4n) is 4.73. The van der Waals surface area contributed by atoms with E-state index in [9.17, 15) is 27.9 Å². The fourth-order valence-corrected chi connectivity index (χ4v) is 4.73. The number of ether oxygens (including phenoxy) is 1. The number of hydrogen-bond donors (Lipinski definition) is 3. The van der Waals surface area contributed by atoms with Gasteiger partial charge in [0, 0.05) is 17.0 Å². The SMILES string of the molecule is CC(NC(=O)c1ccc(Cn2nc(C3CCCCC3)cc2-c2ccc(OC(F)(F)F)cc2)cc1)[C@@H](O)C(=O)O. The van der Waals surface area contributed by atoms with Crippen LogP contribution in [0, 0.1) is 0 Å². The highest BCUT2D eigenvalue weighted by atomic mass is 19.4. The molecule has 3 aromatic rings. The van der Waals surface area contributed by atoms with E-state index in [2.05, 4.69) is 10.1 Å². The largest absolute Gasteiger partial charge is 0.573 e. The lowest BCUT2D eigenvalue weighted by molar-refractivity contribution is -0.274. The molecule has 39 heavy (non-hydrogen) atoms. The van der Waals surface area contributed by atoms with Crippen molar-refractivity contribution in [1.29, 1.82) is 0 Å². The molecule has 1 aliphatic rings. The highest BCUT2D eigenvalue weighted by molar-refractivity contribution is 5.94. The number of carboxylic acids is 1. The van der Waals surface area contributed by atoms with Crippen molar-refractivity contribution in [3.63, 3.8) is 0 Å². The van der Waals surface area contributed by atoms with Gasteiger partial charge in [0.2, 0.25) is 0 Å². The topological polar surface area (TPSA) is 114 Å². The standard InChI is InChI=1S/C28H30F3N3O5/c1-17(25(35)27(37)38)32-26(36)21-9-7-18(8-10-21)16-34-24(15-23(33-34)19-5-3-2-4-6-19)20-11-13-22(14-12-20)39-28(29,30)31/h7-15,17,19,25,35H,2-6,16H2,1H3,(H,32,36)(H,37,38)/t17?,25-/m1/s1. The molecule has 0 radical (unpaired) electrons. The van der Waals surface area contributed by atoms with Gasteiger partial charge in [-0.1, -0.05) is 31.4 Å². The van der Waals surface area contributed by atoms with Gasteiger partial charge >= 0.3 is 12.3 Å². The number of carbonyl (C=O) groups is 2. The molecule has 11 heteroatoms. The number of nitrogens with one attached hydrogen (secondary N) is 1. The second kappa shape index (κ2) is 11.9. The van der Waals surface area contributed by atoms with E-state index in [1.807, 2.05) is 10.7 Å². The molecule has 0 spiro atoms. The monoisotopic (exact) mass is 545 g/mol. The Morgan fingerprint density at radius 1 is 1.08 bits per heavy atom. The van der Waals surface area contributed by atoms with Crippen LogP contribution >= 0.6 is 0 Å². The van der Waals surface area contributed by atoms with Gasteiger partial charge in [0.05, 0.1) is 24.0 Å². The summed E-state index contributed by atoms with van der Waals surface area (Å²) < 4.78 is 43.6. The van der Waals surface area contributed by atoms with E-state index in [1.54, 1.807) is 36.4 Å². The third-order valence-electron chi connectivity index (χ3n) is 6.84. The Balaban J connectivity index is 1.55. The molecule has 8 nitrogen and oxygen atoms in total. The third kappa shape index (κ3) is 7.38. The van der Waals surface area contributed by atoms with Crippen LogP contribution in [0.4, 0.5) is 13.2 Å². The van der Waals surface area contributed by atoms with E-state index in [0.29, 0.717) is 23.6 Å². The van der Waals surface area contributed by atoms with E-state index in [1.165, 1.54) is 25.5 Å². The minimum Gasteiger partial charge on any atom is -0.479 e. The van der Waals surface area contributed by atoms with Gasteiger partial charge in [-0.2, -0.15) is 5.10 Å². The maximum Gasteiger partial charge on any atom is 0.573 e. The second-order valence-electron chi connectivity index (χ2n) is 9.76. The first-order chi connectivity index (χ1) is 18.5. The van der Waals surface area contributed by atoms with E-state index in [-0.39, 0.29) is 5.75 Å². The summed E-state index contributed by atoms with van der Waals surface area (Å²) in [5, 5.41) is 25.8. The first kappa shape index (κ1) is 28.2. The number of aromatic nitrogens is 2. The number of carbonyl (C=O) groups excluding carboxylic acids is 1. The summed E-state index contributed by atoms with van der Waals surface area (Å²) in [6.45, 7) is 1.76. The zero-order valence-corrected chi connectivity index (χ0v) is 21.3. The Morgan fingerprint density at radius 2 is 1.72 bits per heavy atom. The van der Waals surface area contributed by atoms with Crippen LogP contribution in [0.25, 0.3) is 11.3 Å². The van der Waals surface area contributed by atoms with Crippen molar-refractivity contribution in [2.45, 2.75) is 70.0 Å². The van der Waals surface area contributed by atoms with E-state index >= 15 is 0 Å². The van der Waals surface area contributed by atoms with Crippen LogP contribution in [-0.2, 0) is 11.3 Å². The Kier molecular flexibility index (Phi) is 8.59. The summed E-state index contributed by atoms with van der Waals surface area (Å²) in [5.74, 6) is -1.93. The Bertz CT molecular complexity index is 1280. The quantitative estimate of drug-likeness (QED) is 0.345. The number of carboxylic acid groups (broad SMARTS) is 1. The molecule has 1 saturated carbocycles. The van der Waals surface area contributed by atoms with Crippen LogP contribution in [0.2, 0.25) is 0 Å². The van der Waals surface area contributed by atoms with Gasteiger partial charge in [0.25, 0.3) is 5.91 Å². The number of nitrogens with zero attached hydrogens (tertiary/aromatic N) is 2. The van der Waals surface area contributed by atoms with Crippen LogP contribution < -0.4 is 10.1 Å². The summed E-state index contributed by atoms with van der Waals surface area (Å²) in [5.41, 5.74) is 3.53. The fraction of sp³-hybridized carbons (Fsp3) is 0.393. The number of aliphatic hydroxyl groups is 1. The van der Waals surface area contributed by atoms with Gasteiger partial charge in [-0.25, -0.2) is 4.79 Å². The van der Waals surface area contributed by atoms with Crippen LogP contribution in [-0.4, -0.2) is 50.4 Å². The van der Waals surface area contributed by atoms with E-state index in [4.69, 9.17) is 10.2 Å². The van der Waals surface area contributed by atoms with Crippen molar-refractivity contribution in [2.24, 2.45) is 0 Å². The van der Waals surface area contributed by atoms with Crippen molar-refractivity contribution in [2.75, 3.05) is 0 Å². The third-order valence-corrected chi connectivity index (χ3v) is 6.84. The number of benzene rings is 2. The number of alkyl halides is 3. The maximum atomic E-state index is 12.6. The Hall–Kier alpha value is -3.86. The molecule has 0 aliphatic heterocycles. The lowest BCUT2D eigenvalue weighted by Crippen LogP contribution is -2.44. The van der Waals surface area contributed by atoms with Crippen LogP contribution in [0.1, 0.15) is 66.6 Å². The Labute approximate surface area is 223 Å². The summed E-state index contributed by atoms with van der Waals surface area (Å²) >= 11 is 0. The first-order valence-corrected chi connectivity index (χ1v) is 12.7. The molecular formula is C28H30F3N3O5. The van der Waals surface area contributed by atoms with Crippen molar-refractivity contribution < 1.29 is 37.7 Å². The molecule has 1 aromatic heterocycles. The average molecular weight is 546 g/mol. The number of aliphatic hydroxyl groups excluding tert-OH is 1. The molecule has 208 valence electrons. The number of aliphatic carboxylic acids is 1. The van der Waals surface area contributed by atoms with Crippen molar-refractivity contribution >= 4 is 11.9 Å². The number of halogens is 3. The number of hydrogen-bond acceptors (Lipinski definition) is 5. The smallest absolute Gasteiger partial charge is 0.479 e. The molecule has 1 heterocycles. The van der Waals surface area contributed by atoms with Gasteiger partial charge in [-0.3, -0.25) is 9.48 Å². The van der Waals surface area contributed by atoms with Gasteiger partial charge < -0.3 is 20.3 Å². The summed E-state index contributed by atoms with van der Waals surface area (Å²) in [6.07, 6.45) is -0.975. The minimum atomic E-state index is -4.77. The normalized spacial score (nSPS) is 15.9. The van der Waals surface area contributed by atoms with Crippen LogP contribution in [0.3, 0.4) is 0 Å². The maximum absolute atomic E-state index is 12.6. The minimum absolute atomic E-state index is 0.298. The summed E-state index contributed by atoms with van der Waals surface area (Å²) in [7, 11) is 0. The predicted molar refractivity (Wildman–Crippen MR) is 136 cm³/mol. The molecule has 0 bridgehead atoms. The van der Waals surface area contributed by atoms with Crippen molar-refractivity contribution in [3.05, 3.63) is 71.4 Å². The van der Waals surface area contributed by atoms with Gasteiger partial charge in [-0.05, 0) is 67.8 Å². The predicted octanol–water partition coefficient (Wildman–Crippen LogP) is 5.11. The molecular weight excluding hydrogens is 515 g/mol. The molecule has 1 unspecified atom stereocenters. The zero-order chi connectivity index (χ0) is 28.2. The second-order valence-corrected chi connectivity index (χ2v) is 9.76. The lowest BCUT2D eigenvalue weighted by atomic mass is 9.87. The molecule has 1 amide bonds. The van der Waals surface area contributed by atoms with Crippen molar-refractivity contribution in [1.82, 2.24) is 15.1 Å². The molecule has 4 rings (SSSR count). The average Bonchev–Trinajstić information content (AvgIpc) is 3.32. The highest BCUT2D eigenvalue weighted by Crippen LogP contribution is 2.35. The molecule has 0 saturated heterocycles. The van der Waals surface area contributed by atoms with Crippen LogP contribution in [0.15, 0.2) is 54.6 Å². The number of amides is 1. The van der Waals surface area contributed by atoms with Gasteiger partial charge in [0.15, 0.2) is 6.10 Å². The van der Waals surface area contributed by atoms with Crippen LogP contribution in [0.5, 0.6) is 5.75 Å². The number of rotatable bonds is 9. The highest BCUT2D eigenvalue weighted by Gasteiger charge is 2.31.